The van der Waals surface area contributed by atoms with Crippen molar-refractivity contribution in [1.29, 1.82) is 0 Å². The fourth-order valence-electron chi connectivity index (χ4n) is 2.52. The Hall–Kier alpha value is -2.16. The summed E-state index contributed by atoms with van der Waals surface area (Å²) >= 11 is 0. The average Bonchev–Trinajstić information content (AvgIpc) is 2.53. The zero-order valence-corrected chi connectivity index (χ0v) is 13.4. The van der Waals surface area contributed by atoms with Gasteiger partial charge in [0.1, 0.15) is 24.0 Å². The lowest BCUT2D eigenvalue weighted by Crippen LogP contribution is -2.66. The Balaban J connectivity index is 2.28. The topological polar surface area (TPSA) is 114 Å². The molecule has 0 spiro atoms. The molecule has 1 saturated heterocycles. The lowest BCUT2D eigenvalue weighted by atomic mass is 9.96. The van der Waals surface area contributed by atoms with E-state index in [4.69, 9.17) is 14.2 Å². The highest BCUT2D eigenvalue weighted by Crippen LogP contribution is 2.26. The van der Waals surface area contributed by atoms with Crippen molar-refractivity contribution >= 4 is 11.9 Å². The maximum atomic E-state index is 11.5. The van der Waals surface area contributed by atoms with Crippen LogP contribution in [0.5, 0.6) is 5.75 Å². The summed E-state index contributed by atoms with van der Waals surface area (Å²) in [5.74, 6) is -0.573. The molecule has 1 aliphatic heterocycles. The number of esters is 1. The van der Waals surface area contributed by atoms with Gasteiger partial charge in [-0.15, -0.1) is 0 Å². The molecule has 1 fully saturated rings. The maximum absolute atomic E-state index is 11.5. The molecule has 8 heteroatoms. The summed E-state index contributed by atoms with van der Waals surface area (Å²) in [6, 6.07) is 7.76. The van der Waals surface area contributed by atoms with Crippen LogP contribution >= 0.6 is 0 Å². The molecule has 0 saturated carbocycles. The number of rotatable bonds is 5. The Morgan fingerprint density at radius 3 is 2.46 bits per heavy atom. The van der Waals surface area contributed by atoms with Crippen molar-refractivity contribution in [2.24, 2.45) is 0 Å². The molecule has 0 aliphatic carbocycles. The molecule has 1 amide bonds. The van der Waals surface area contributed by atoms with E-state index in [9.17, 15) is 19.8 Å². The summed E-state index contributed by atoms with van der Waals surface area (Å²) in [7, 11) is 0. The van der Waals surface area contributed by atoms with Crippen LogP contribution in [0.25, 0.3) is 0 Å². The number of para-hydroxylation sites is 1. The van der Waals surface area contributed by atoms with Crippen molar-refractivity contribution in [3.63, 3.8) is 0 Å². The second-order valence-corrected chi connectivity index (χ2v) is 5.45. The van der Waals surface area contributed by atoms with Gasteiger partial charge in [-0.05, 0) is 12.1 Å². The van der Waals surface area contributed by atoms with Crippen LogP contribution in [0.15, 0.2) is 30.3 Å². The molecule has 0 unspecified atom stereocenters. The third-order valence-electron chi connectivity index (χ3n) is 3.52. The molecule has 8 nitrogen and oxygen atoms in total. The fourth-order valence-corrected chi connectivity index (χ4v) is 2.52. The molecule has 24 heavy (non-hydrogen) atoms. The van der Waals surface area contributed by atoms with Gasteiger partial charge in [0, 0.05) is 13.8 Å². The number of benzene rings is 1. The first-order chi connectivity index (χ1) is 11.4. The third kappa shape index (κ3) is 4.44. The minimum Gasteiger partial charge on any atom is -0.463 e. The predicted octanol–water partition coefficient (Wildman–Crippen LogP) is -0.420. The second-order valence-electron chi connectivity index (χ2n) is 5.45. The Bertz CT molecular complexity index is 565. The van der Waals surface area contributed by atoms with Gasteiger partial charge in [-0.25, -0.2) is 0 Å². The molecule has 0 radical (unpaired) electrons. The van der Waals surface area contributed by atoms with Crippen LogP contribution in [0.1, 0.15) is 13.8 Å². The van der Waals surface area contributed by atoms with E-state index in [0.717, 1.165) is 0 Å². The van der Waals surface area contributed by atoms with E-state index in [1.54, 1.807) is 24.3 Å². The number of amides is 1. The molecule has 0 bridgehead atoms. The lowest BCUT2D eigenvalue weighted by Gasteiger charge is -2.43. The minimum absolute atomic E-state index is 0.405. The number of aliphatic hydroxyl groups is 2. The van der Waals surface area contributed by atoms with Crippen molar-refractivity contribution in [3.05, 3.63) is 30.3 Å². The van der Waals surface area contributed by atoms with Crippen LogP contribution < -0.4 is 10.1 Å². The molecule has 1 aromatic rings. The van der Waals surface area contributed by atoms with Gasteiger partial charge < -0.3 is 29.7 Å². The second kappa shape index (κ2) is 8.09. The highest BCUT2D eigenvalue weighted by Gasteiger charge is 2.48. The fraction of sp³-hybridized carbons (Fsp3) is 0.500. The average molecular weight is 339 g/mol. The number of hydrogen-bond acceptors (Lipinski definition) is 7. The summed E-state index contributed by atoms with van der Waals surface area (Å²) in [4.78, 5) is 22.9. The van der Waals surface area contributed by atoms with Gasteiger partial charge >= 0.3 is 5.97 Å². The van der Waals surface area contributed by atoms with Gasteiger partial charge in [0.25, 0.3) is 0 Å². The lowest BCUT2D eigenvalue weighted by molar-refractivity contribution is -0.249. The quantitative estimate of drug-likeness (QED) is 0.624. The van der Waals surface area contributed by atoms with Crippen LogP contribution in [-0.4, -0.2) is 59.3 Å². The molecule has 1 heterocycles. The first-order valence-electron chi connectivity index (χ1n) is 7.52. The Morgan fingerprint density at radius 2 is 1.92 bits per heavy atom. The molecule has 3 N–H and O–H groups in total. The number of hydrogen-bond donors (Lipinski definition) is 3. The van der Waals surface area contributed by atoms with E-state index in [2.05, 4.69) is 5.32 Å². The number of carbonyl (C=O) groups excluding carboxylic acids is 2. The van der Waals surface area contributed by atoms with Gasteiger partial charge in [-0.3, -0.25) is 9.59 Å². The summed E-state index contributed by atoms with van der Waals surface area (Å²) < 4.78 is 16.4. The van der Waals surface area contributed by atoms with E-state index in [1.165, 1.54) is 13.8 Å². The van der Waals surface area contributed by atoms with Crippen molar-refractivity contribution < 1.29 is 34.0 Å². The van der Waals surface area contributed by atoms with Gasteiger partial charge in [0.2, 0.25) is 12.2 Å². The van der Waals surface area contributed by atoms with Gasteiger partial charge in [0.15, 0.2) is 6.10 Å². The van der Waals surface area contributed by atoms with Crippen LogP contribution in [0.2, 0.25) is 0 Å². The van der Waals surface area contributed by atoms with Gasteiger partial charge in [-0.2, -0.15) is 0 Å². The van der Waals surface area contributed by atoms with Crippen LogP contribution in [0.4, 0.5) is 0 Å². The molecular formula is C16H21NO7. The normalized spacial score (nSPS) is 29.6. The summed E-state index contributed by atoms with van der Waals surface area (Å²) in [6.07, 6.45) is -4.51. The first-order valence-corrected chi connectivity index (χ1v) is 7.52. The Labute approximate surface area is 139 Å². The van der Waals surface area contributed by atoms with Gasteiger partial charge in [0.05, 0.1) is 6.61 Å². The number of nitrogens with one attached hydrogen (secondary N) is 1. The smallest absolute Gasteiger partial charge is 0.303 e. The van der Waals surface area contributed by atoms with Crippen LogP contribution in [0.3, 0.4) is 0 Å². The van der Waals surface area contributed by atoms with E-state index in [0.29, 0.717) is 5.75 Å². The highest BCUT2D eigenvalue weighted by atomic mass is 16.7. The van der Waals surface area contributed by atoms with E-state index < -0.39 is 49.1 Å². The molecule has 2 rings (SSSR count). The molecule has 1 aliphatic rings. The largest absolute Gasteiger partial charge is 0.463 e. The minimum atomic E-state index is -1.31. The third-order valence-corrected chi connectivity index (χ3v) is 3.52. The van der Waals surface area contributed by atoms with Crippen LogP contribution in [0, 0.1) is 0 Å². The predicted molar refractivity (Wildman–Crippen MR) is 82.0 cm³/mol. The van der Waals surface area contributed by atoms with Crippen LogP contribution in [-0.2, 0) is 19.1 Å². The van der Waals surface area contributed by atoms with Gasteiger partial charge in [-0.1, -0.05) is 18.2 Å². The highest BCUT2D eigenvalue weighted by molar-refractivity contribution is 5.73. The number of aliphatic hydroxyl groups excluding tert-OH is 2. The van der Waals surface area contributed by atoms with Crippen molar-refractivity contribution in [1.82, 2.24) is 5.32 Å². The molecule has 132 valence electrons. The first kappa shape index (κ1) is 18.2. The maximum Gasteiger partial charge on any atom is 0.303 e. The molecule has 1 aromatic carbocycles. The standard InChI is InChI=1S/C16H21NO7/c1-9(19)17-13-15(22-10(2)20)14(21)12(8-18)24-16(13)23-11-6-4-3-5-7-11/h3-7,12-16,18,21H,8H2,1-2H3,(H,17,19)/t12-,13+,14+,15+,16-/m0/s1. The molecule has 5 atom stereocenters. The molecule has 0 aromatic heterocycles. The van der Waals surface area contributed by atoms with Crippen molar-refractivity contribution in [3.8, 4) is 5.75 Å². The SMILES string of the molecule is CC(=O)N[C@H]1[C@@H](Oc2ccccc2)O[C@@H](CO)[C@@H](O)[C@@H]1OC(C)=O. The summed E-state index contributed by atoms with van der Waals surface area (Å²) in [5.41, 5.74) is 0. The van der Waals surface area contributed by atoms with Crippen molar-refractivity contribution in [2.75, 3.05) is 6.61 Å². The van der Waals surface area contributed by atoms with Crippen molar-refractivity contribution in [2.45, 2.75) is 44.5 Å². The van der Waals surface area contributed by atoms with E-state index in [-0.39, 0.29) is 0 Å². The van der Waals surface area contributed by atoms with E-state index >= 15 is 0 Å². The van der Waals surface area contributed by atoms with E-state index in [1.807, 2.05) is 6.07 Å². The summed E-state index contributed by atoms with van der Waals surface area (Å²) in [5, 5.41) is 22.2. The number of ether oxygens (including phenoxy) is 3. The molecular weight excluding hydrogens is 318 g/mol. The zero-order chi connectivity index (χ0) is 17.7. The Morgan fingerprint density at radius 1 is 1.25 bits per heavy atom. The zero-order valence-electron chi connectivity index (χ0n) is 13.4. The Kier molecular flexibility index (Phi) is 6.13. The monoisotopic (exact) mass is 339 g/mol. The summed E-state index contributed by atoms with van der Waals surface area (Å²) in [6.45, 7) is 1.98. The number of carbonyl (C=O) groups is 2.